The van der Waals surface area contributed by atoms with Crippen LogP contribution in [0.5, 0.6) is 0 Å². The number of halogens is 3. The summed E-state index contributed by atoms with van der Waals surface area (Å²) in [6, 6.07) is 19.5. The van der Waals surface area contributed by atoms with Crippen LogP contribution in [0.3, 0.4) is 0 Å². The third-order valence-corrected chi connectivity index (χ3v) is 8.36. The minimum absolute atomic E-state index is 0.00659. The highest BCUT2D eigenvalue weighted by molar-refractivity contribution is 7.92. The molecule has 0 aliphatic heterocycles. The lowest BCUT2D eigenvalue weighted by molar-refractivity contribution is -0.140. The third-order valence-electron chi connectivity index (χ3n) is 6.23. The number of nitrogens with zero attached hydrogens (tertiary/aromatic N) is 2. The lowest BCUT2D eigenvalue weighted by Crippen LogP contribution is -2.53. The van der Waals surface area contributed by atoms with Crippen LogP contribution in [0.25, 0.3) is 0 Å². The third kappa shape index (κ3) is 9.13. The Morgan fingerprint density at radius 3 is 2.17 bits per heavy atom. The number of unbranched alkanes of at least 4 members (excludes halogenated alkanes) is 1. The van der Waals surface area contributed by atoms with Crippen LogP contribution in [-0.4, -0.2) is 50.5 Å². The number of hydrogen-bond acceptors (Lipinski definition) is 4. The Kier molecular flexibility index (Phi) is 11.7. The SMILES string of the molecule is CCCCNC(=O)[C@@H](Cc1ccccc1)N(Cc1ccc(Cl)c(Cl)c1)C(=O)CN(c1ccc(Cl)cc1)S(C)(=O)=O. The summed E-state index contributed by atoms with van der Waals surface area (Å²) in [5, 5.41) is 4.03. The zero-order chi connectivity index (χ0) is 29.3. The average Bonchev–Trinajstić information content (AvgIpc) is 2.91. The molecule has 0 aliphatic rings. The Balaban J connectivity index is 2.04. The molecule has 214 valence electrons. The summed E-state index contributed by atoms with van der Waals surface area (Å²) in [4.78, 5) is 29.0. The van der Waals surface area contributed by atoms with Crippen molar-refractivity contribution in [3.63, 3.8) is 0 Å². The molecule has 1 atom stereocenters. The second-order valence-corrected chi connectivity index (χ2v) is 12.5. The normalized spacial score (nSPS) is 12.0. The second-order valence-electron chi connectivity index (χ2n) is 9.37. The number of amides is 2. The van der Waals surface area contributed by atoms with Gasteiger partial charge in [-0.15, -0.1) is 0 Å². The smallest absolute Gasteiger partial charge is 0.244 e. The van der Waals surface area contributed by atoms with Crippen LogP contribution in [-0.2, 0) is 32.6 Å². The zero-order valence-electron chi connectivity index (χ0n) is 22.3. The average molecular weight is 625 g/mol. The van der Waals surface area contributed by atoms with Crippen molar-refractivity contribution in [3.8, 4) is 0 Å². The van der Waals surface area contributed by atoms with Gasteiger partial charge in [0.1, 0.15) is 12.6 Å². The number of sulfonamides is 1. The highest BCUT2D eigenvalue weighted by atomic mass is 35.5. The van der Waals surface area contributed by atoms with E-state index in [2.05, 4.69) is 5.32 Å². The van der Waals surface area contributed by atoms with E-state index in [1.807, 2.05) is 37.3 Å². The fourth-order valence-electron chi connectivity index (χ4n) is 4.12. The molecule has 3 aromatic rings. The van der Waals surface area contributed by atoms with Crippen molar-refractivity contribution in [1.82, 2.24) is 10.2 Å². The molecule has 0 saturated carbocycles. The molecule has 0 aromatic heterocycles. The van der Waals surface area contributed by atoms with Gasteiger partial charge >= 0.3 is 0 Å². The highest BCUT2D eigenvalue weighted by Gasteiger charge is 2.33. The van der Waals surface area contributed by atoms with Gasteiger partial charge in [0.25, 0.3) is 0 Å². The molecule has 2 amide bonds. The van der Waals surface area contributed by atoms with E-state index in [9.17, 15) is 18.0 Å². The maximum Gasteiger partial charge on any atom is 0.244 e. The number of hydrogen-bond donors (Lipinski definition) is 1. The molecule has 0 bridgehead atoms. The molecule has 0 aliphatic carbocycles. The summed E-state index contributed by atoms with van der Waals surface area (Å²) in [5.41, 5.74) is 1.77. The molecule has 7 nitrogen and oxygen atoms in total. The Morgan fingerprint density at radius 2 is 1.57 bits per heavy atom. The van der Waals surface area contributed by atoms with Crippen LogP contribution in [0.4, 0.5) is 5.69 Å². The molecule has 0 unspecified atom stereocenters. The van der Waals surface area contributed by atoms with Crippen LogP contribution in [0.1, 0.15) is 30.9 Å². The van der Waals surface area contributed by atoms with Gasteiger partial charge in [-0.2, -0.15) is 0 Å². The molecule has 1 N–H and O–H groups in total. The first kappa shape index (κ1) is 31.7. The highest BCUT2D eigenvalue weighted by Crippen LogP contribution is 2.25. The summed E-state index contributed by atoms with van der Waals surface area (Å²) < 4.78 is 26.6. The van der Waals surface area contributed by atoms with Crippen molar-refractivity contribution in [2.45, 2.75) is 38.8 Å². The minimum atomic E-state index is -3.86. The quantitative estimate of drug-likeness (QED) is 0.238. The number of nitrogens with one attached hydrogen (secondary N) is 1. The fraction of sp³-hybridized carbons (Fsp3) is 0.310. The molecule has 3 rings (SSSR count). The maximum absolute atomic E-state index is 14.0. The zero-order valence-corrected chi connectivity index (χ0v) is 25.4. The second kappa shape index (κ2) is 14.7. The van der Waals surface area contributed by atoms with E-state index in [4.69, 9.17) is 34.8 Å². The molecule has 11 heteroatoms. The van der Waals surface area contributed by atoms with Crippen LogP contribution in [0.2, 0.25) is 15.1 Å². The van der Waals surface area contributed by atoms with Gasteiger partial charge in [-0.1, -0.05) is 84.5 Å². The first-order valence-corrected chi connectivity index (χ1v) is 15.8. The summed E-state index contributed by atoms with van der Waals surface area (Å²) in [5.74, 6) is -0.888. The maximum atomic E-state index is 14.0. The number of carbonyl (C=O) groups is 2. The van der Waals surface area contributed by atoms with E-state index in [1.54, 1.807) is 30.3 Å². The fourth-order valence-corrected chi connectivity index (χ4v) is 5.41. The largest absolute Gasteiger partial charge is 0.354 e. The van der Waals surface area contributed by atoms with Crippen molar-refractivity contribution < 1.29 is 18.0 Å². The van der Waals surface area contributed by atoms with Crippen LogP contribution >= 0.6 is 34.8 Å². The standard InChI is InChI=1S/C29H32Cl3N3O4S/c1-3-4-16-33-29(37)27(18-21-8-6-5-7-9-21)34(19-22-10-15-25(31)26(32)17-22)28(36)20-35(40(2,38)39)24-13-11-23(30)12-14-24/h5-15,17,27H,3-4,16,18-20H2,1-2H3,(H,33,37)/t27-/m1/s1. The minimum Gasteiger partial charge on any atom is -0.354 e. The summed E-state index contributed by atoms with van der Waals surface area (Å²) in [7, 11) is -3.86. The van der Waals surface area contributed by atoms with Gasteiger partial charge < -0.3 is 10.2 Å². The van der Waals surface area contributed by atoms with Gasteiger partial charge in [0.05, 0.1) is 22.0 Å². The molecule has 0 radical (unpaired) electrons. The van der Waals surface area contributed by atoms with E-state index in [-0.39, 0.29) is 24.6 Å². The Hall–Kier alpha value is -2.78. The van der Waals surface area contributed by atoms with Crippen molar-refractivity contribution in [2.24, 2.45) is 0 Å². The van der Waals surface area contributed by atoms with E-state index in [1.165, 1.54) is 17.0 Å². The van der Waals surface area contributed by atoms with Gasteiger partial charge in [-0.05, 0) is 53.9 Å². The summed E-state index contributed by atoms with van der Waals surface area (Å²) >= 11 is 18.4. The van der Waals surface area contributed by atoms with E-state index in [0.29, 0.717) is 27.2 Å². The molecule has 3 aromatic carbocycles. The van der Waals surface area contributed by atoms with Gasteiger partial charge in [0.2, 0.25) is 21.8 Å². The first-order chi connectivity index (χ1) is 19.0. The molecule has 0 heterocycles. The van der Waals surface area contributed by atoms with Gasteiger partial charge in [-0.3, -0.25) is 13.9 Å². The van der Waals surface area contributed by atoms with Crippen molar-refractivity contribution in [1.29, 1.82) is 0 Å². The molecule has 0 saturated heterocycles. The number of benzene rings is 3. The van der Waals surface area contributed by atoms with Gasteiger partial charge in [0, 0.05) is 24.5 Å². The number of carbonyl (C=O) groups excluding carboxylic acids is 2. The monoisotopic (exact) mass is 623 g/mol. The topological polar surface area (TPSA) is 86.8 Å². The van der Waals surface area contributed by atoms with E-state index >= 15 is 0 Å². The van der Waals surface area contributed by atoms with Gasteiger partial charge in [-0.25, -0.2) is 8.42 Å². The molecule has 0 fully saturated rings. The van der Waals surface area contributed by atoms with E-state index in [0.717, 1.165) is 29.0 Å². The number of rotatable bonds is 13. The molecule has 0 spiro atoms. The first-order valence-electron chi connectivity index (χ1n) is 12.8. The Bertz CT molecular complexity index is 1400. The van der Waals surface area contributed by atoms with E-state index < -0.39 is 28.5 Å². The lowest BCUT2D eigenvalue weighted by Gasteiger charge is -2.33. The predicted octanol–water partition coefficient (Wildman–Crippen LogP) is 5.97. The predicted molar refractivity (Wildman–Crippen MR) is 163 cm³/mol. The summed E-state index contributed by atoms with van der Waals surface area (Å²) in [6.45, 7) is 1.96. The molecular formula is C29H32Cl3N3O4S. The van der Waals surface area contributed by atoms with Crippen molar-refractivity contribution in [2.75, 3.05) is 23.7 Å². The van der Waals surface area contributed by atoms with Crippen molar-refractivity contribution in [3.05, 3.63) is 99.0 Å². The lowest BCUT2D eigenvalue weighted by atomic mass is 10.0. The van der Waals surface area contributed by atoms with Crippen LogP contribution in [0, 0.1) is 0 Å². The van der Waals surface area contributed by atoms with Gasteiger partial charge in [0.15, 0.2) is 0 Å². The number of anilines is 1. The van der Waals surface area contributed by atoms with Crippen molar-refractivity contribution >= 4 is 62.3 Å². The van der Waals surface area contributed by atoms with Crippen LogP contribution < -0.4 is 9.62 Å². The molecular weight excluding hydrogens is 593 g/mol. The Labute approximate surface area is 251 Å². The molecule has 40 heavy (non-hydrogen) atoms. The Morgan fingerprint density at radius 1 is 0.900 bits per heavy atom. The summed E-state index contributed by atoms with van der Waals surface area (Å²) in [6.07, 6.45) is 2.92. The van der Waals surface area contributed by atoms with Crippen LogP contribution in [0.15, 0.2) is 72.8 Å².